The SMILES string of the molecule is CCOC(=O)CN1C(=S)N[C@@H](c2ccccn2)[C@@H]1c1cc(C)n(-c2ccc(C)cn2)c1C. The van der Waals surface area contributed by atoms with Gasteiger partial charge in [0.2, 0.25) is 0 Å². The first-order valence-electron chi connectivity index (χ1n) is 10.7. The Morgan fingerprint density at radius 2 is 2.00 bits per heavy atom. The summed E-state index contributed by atoms with van der Waals surface area (Å²) in [5.41, 5.74) is 5.15. The fourth-order valence-corrected chi connectivity index (χ4v) is 4.60. The van der Waals surface area contributed by atoms with E-state index in [1.54, 1.807) is 13.1 Å². The van der Waals surface area contributed by atoms with Gasteiger partial charge in [0.15, 0.2) is 5.11 Å². The van der Waals surface area contributed by atoms with Crippen molar-refractivity contribution in [1.82, 2.24) is 24.8 Å². The minimum Gasteiger partial charge on any atom is -0.465 e. The molecule has 0 aliphatic carbocycles. The minimum absolute atomic E-state index is 0.0696. The molecule has 7 nitrogen and oxygen atoms in total. The number of esters is 1. The molecule has 8 heteroatoms. The van der Waals surface area contributed by atoms with Gasteiger partial charge in [-0.1, -0.05) is 12.1 Å². The van der Waals surface area contributed by atoms with Crippen LogP contribution in [0, 0.1) is 20.8 Å². The number of aromatic nitrogens is 3. The molecular weight excluding hydrogens is 422 g/mol. The number of aryl methyl sites for hydroxylation is 2. The van der Waals surface area contributed by atoms with Gasteiger partial charge in [0.05, 0.1) is 24.4 Å². The first-order valence-corrected chi connectivity index (χ1v) is 11.1. The molecule has 1 N–H and O–H groups in total. The smallest absolute Gasteiger partial charge is 0.325 e. The molecule has 0 amide bonds. The van der Waals surface area contributed by atoms with Gasteiger partial charge in [-0.2, -0.15) is 0 Å². The molecule has 1 aliphatic heterocycles. The number of thiocarbonyl (C=S) groups is 1. The Hall–Kier alpha value is -3.26. The molecule has 2 atom stereocenters. The number of ether oxygens (including phenoxy) is 1. The fraction of sp³-hybridized carbons (Fsp3) is 0.333. The summed E-state index contributed by atoms with van der Waals surface area (Å²) in [5, 5.41) is 3.89. The van der Waals surface area contributed by atoms with Crippen molar-refractivity contribution in [1.29, 1.82) is 0 Å². The molecule has 0 saturated carbocycles. The molecule has 0 radical (unpaired) electrons. The standard InChI is InChI=1S/C24H27N5O2S/c1-5-31-21(30)14-28-23(22(27-24(28)32)19-8-6-7-11-25-19)18-12-16(3)29(17(18)4)20-10-9-15(2)13-26-20/h6-13,22-23H,5,14H2,1-4H3,(H,27,32)/t22-,23-/m0/s1. The van der Waals surface area contributed by atoms with E-state index in [0.29, 0.717) is 11.7 Å². The number of nitrogens with zero attached hydrogens (tertiary/aromatic N) is 4. The van der Waals surface area contributed by atoms with E-state index in [1.807, 2.05) is 42.3 Å². The monoisotopic (exact) mass is 449 g/mol. The predicted molar refractivity (Wildman–Crippen MR) is 127 cm³/mol. The Bertz CT molecular complexity index is 1130. The van der Waals surface area contributed by atoms with Crippen molar-refractivity contribution in [3.05, 3.63) is 77.0 Å². The largest absolute Gasteiger partial charge is 0.465 e. The Morgan fingerprint density at radius 1 is 1.19 bits per heavy atom. The van der Waals surface area contributed by atoms with Crippen LogP contribution >= 0.6 is 12.2 Å². The van der Waals surface area contributed by atoms with Crippen LogP contribution in [-0.2, 0) is 9.53 Å². The van der Waals surface area contributed by atoms with Crippen LogP contribution in [0.4, 0.5) is 0 Å². The normalized spacial score (nSPS) is 18.0. The van der Waals surface area contributed by atoms with E-state index in [9.17, 15) is 4.79 Å². The number of hydrogen-bond donors (Lipinski definition) is 1. The van der Waals surface area contributed by atoms with E-state index in [2.05, 4.69) is 45.8 Å². The molecule has 4 rings (SSSR count). The highest BCUT2D eigenvalue weighted by molar-refractivity contribution is 7.80. The van der Waals surface area contributed by atoms with Crippen LogP contribution in [0.15, 0.2) is 48.8 Å². The van der Waals surface area contributed by atoms with Crippen LogP contribution in [0.5, 0.6) is 0 Å². The van der Waals surface area contributed by atoms with Crippen LogP contribution in [0.25, 0.3) is 5.82 Å². The van der Waals surface area contributed by atoms with Gasteiger partial charge in [0.1, 0.15) is 12.4 Å². The molecule has 0 unspecified atom stereocenters. The maximum Gasteiger partial charge on any atom is 0.325 e. The van der Waals surface area contributed by atoms with Crippen molar-refractivity contribution in [2.45, 2.75) is 39.8 Å². The van der Waals surface area contributed by atoms with Crippen molar-refractivity contribution >= 4 is 23.3 Å². The zero-order valence-electron chi connectivity index (χ0n) is 18.7. The number of hydrogen-bond acceptors (Lipinski definition) is 5. The average Bonchev–Trinajstić information content (AvgIpc) is 3.25. The molecule has 0 spiro atoms. The fourth-order valence-electron chi connectivity index (χ4n) is 4.29. The summed E-state index contributed by atoms with van der Waals surface area (Å²) in [7, 11) is 0. The van der Waals surface area contributed by atoms with Crippen molar-refractivity contribution < 1.29 is 9.53 Å². The number of carbonyl (C=O) groups excluding carboxylic acids is 1. The van der Waals surface area contributed by atoms with Gasteiger partial charge in [0.25, 0.3) is 0 Å². The van der Waals surface area contributed by atoms with Crippen LogP contribution in [0.2, 0.25) is 0 Å². The van der Waals surface area contributed by atoms with E-state index in [1.165, 1.54) is 0 Å². The highest BCUT2D eigenvalue weighted by Crippen LogP contribution is 2.41. The number of nitrogens with one attached hydrogen (secondary N) is 1. The number of carbonyl (C=O) groups is 1. The van der Waals surface area contributed by atoms with Crippen molar-refractivity contribution in [3.8, 4) is 5.82 Å². The molecule has 32 heavy (non-hydrogen) atoms. The highest BCUT2D eigenvalue weighted by Gasteiger charge is 2.42. The molecule has 1 aliphatic rings. The summed E-state index contributed by atoms with van der Waals surface area (Å²) < 4.78 is 7.35. The molecule has 0 bridgehead atoms. The van der Waals surface area contributed by atoms with E-state index < -0.39 is 0 Å². The predicted octanol–water partition coefficient (Wildman–Crippen LogP) is 3.73. The molecule has 166 valence electrons. The van der Waals surface area contributed by atoms with Crippen molar-refractivity contribution in [3.63, 3.8) is 0 Å². The van der Waals surface area contributed by atoms with Gasteiger partial charge in [-0.25, -0.2) is 4.98 Å². The zero-order valence-corrected chi connectivity index (χ0v) is 19.5. The second-order valence-electron chi connectivity index (χ2n) is 7.92. The second-order valence-corrected chi connectivity index (χ2v) is 8.30. The third-order valence-electron chi connectivity index (χ3n) is 5.72. The molecule has 3 aromatic heterocycles. The molecule has 3 aromatic rings. The minimum atomic E-state index is -0.308. The van der Waals surface area contributed by atoms with E-state index in [4.69, 9.17) is 17.0 Å². The van der Waals surface area contributed by atoms with Crippen molar-refractivity contribution in [2.75, 3.05) is 13.2 Å². The first kappa shape index (κ1) is 22.0. The summed E-state index contributed by atoms with van der Waals surface area (Å²) in [6, 6.07) is 11.6. The molecule has 1 fully saturated rings. The Kier molecular flexibility index (Phi) is 6.23. The maximum atomic E-state index is 12.4. The summed E-state index contributed by atoms with van der Waals surface area (Å²) in [4.78, 5) is 23.5. The topological polar surface area (TPSA) is 72.3 Å². The number of pyridine rings is 2. The third kappa shape index (κ3) is 4.10. The lowest BCUT2D eigenvalue weighted by atomic mass is 9.97. The quantitative estimate of drug-likeness (QED) is 0.454. The summed E-state index contributed by atoms with van der Waals surface area (Å²) in [6.07, 6.45) is 3.63. The van der Waals surface area contributed by atoms with Gasteiger partial charge in [0, 0.05) is 23.8 Å². The van der Waals surface area contributed by atoms with Gasteiger partial charge in [-0.3, -0.25) is 9.78 Å². The van der Waals surface area contributed by atoms with Gasteiger partial charge in [-0.05, 0) is 75.3 Å². The maximum absolute atomic E-state index is 12.4. The molecule has 1 saturated heterocycles. The van der Waals surface area contributed by atoms with Gasteiger partial charge < -0.3 is 19.5 Å². The average molecular weight is 450 g/mol. The Morgan fingerprint density at radius 3 is 2.66 bits per heavy atom. The summed E-state index contributed by atoms with van der Waals surface area (Å²) >= 11 is 5.65. The highest BCUT2D eigenvalue weighted by atomic mass is 32.1. The lowest BCUT2D eigenvalue weighted by molar-refractivity contribution is -0.143. The summed E-state index contributed by atoms with van der Waals surface area (Å²) in [5.74, 6) is 0.550. The van der Waals surface area contributed by atoms with Crippen LogP contribution in [0.3, 0.4) is 0 Å². The van der Waals surface area contributed by atoms with Gasteiger partial charge in [-0.15, -0.1) is 0 Å². The molecule has 4 heterocycles. The van der Waals surface area contributed by atoms with Crippen molar-refractivity contribution in [2.24, 2.45) is 0 Å². The molecular formula is C24H27N5O2S. The third-order valence-corrected chi connectivity index (χ3v) is 6.07. The van der Waals surface area contributed by atoms with E-state index >= 15 is 0 Å². The van der Waals surface area contributed by atoms with E-state index in [0.717, 1.165) is 34.0 Å². The van der Waals surface area contributed by atoms with Crippen LogP contribution in [0.1, 0.15) is 47.2 Å². The van der Waals surface area contributed by atoms with E-state index in [-0.39, 0.29) is 24.6 Å². The first-order chi connectivity index (χ1) is 15.4. The Balaban J connectivity index is 1.80. The van der Waals surface area contributed by atoms with Crippen LogP contribution < -0.4 is 5.32 Å². The Labute approximate surface area is 193 Å². The second kappa shape index (κ2) is 9.08. The summed E-state index contributed by atoms with van der Waals surface area (Å²) in [6.45, 7) is 8.35. The van der Waals surface area contributed by atoms with Gasteiger partial charge >= 0.3 is 5.97 Å². The molecule has 0 aromatic carbocycles. The lowest BCUT2D eigenvalue weighted by Gasteiger charge is -2.27. The number of rotatable bonds is 6. The zero-order chi connectivity index (χ0) is 22.8. The van der Waals surface area contributed by atoms with Crippen LogP contribution in [-0.4, -0.2) is 43.7 Å². The lowest BCUT2D eigenvalue weighted by Crippen LogP contribution is -2.35.